The second kappa shape index (κ2) is 6.78. The summed E-state index contributed by atoms with van der Waals surface area (Å²) >= 11 is 1.60. The normalized spacial score (nSPS) is 15.1. The molecule has 3 rings (SSSR count). The third-order valence-corrected chi connectivity index (χ3v) is 4.33. The van der Waals surface area contributed by atoms with E-state index in [2.05, 4.69) is 9.97 Å². The molecule has 21 heavy (non-hydrogen) atoms. The highest BCUT2D eigenvalue weighted by Gasteiger charge is 2.17. The zero-order chi connectivity index (χ0) is 14.5. The van der Waals surface area contributed by atoms with Gasteiger partial charge in [0.25, 0.3) is 0 Å². The average Bonchev–Trinajstić information content (AvgIpc) is 3.03. The molecule has 3 heterocycles. The van der Waals surface area contributed by atoms with Gasteiger partial charge in [0.05, 0.1) is 23.9 Å². The van der Waals surface area contributed by atoms with Gasteiger partial charge in [-0.25, -0.2) is 4.98 Å². The summed E-state index contributed by atoms with van der Waals surface area (Å²) in [5.74, 6) is 0.191. The maximum Gasteiger partial charge on any atom is 0.223 e. The molecule has 5 nitrogen and oxygen atoms in total. The van der Waals surface area contributed by atoms with Crippen molar-refractivity contribution in [1.29, 1.82) is 0 Å². The fourth-order valence-corrected chi connectivity index (χ4v) is 3.06. The topological polar surface area (TPSA) is 55.3 Å². The molecule has 0 N–H and O–H groups in total. The van der Waals surface area contributed by atoms with Gasteiger partial charge in [0, 0.05) is 49.3 Å². The van der Waals surface area contributed by atoms with E-state index < -0.39 is 0 Å². The highest BCUT2D eigenvalue weighted by atomic mass is 32.1. The van der Waals surface area contributed by atoms with Crippen LogP contribution in [0.2, 0.25) is 0 Å². The number of carbonyl (C=O) groups excluding carboxylic acids is 1. The minimum absolute atomic E-state index is 0.191. The molecule has 0 aromatic carbocycles. The fraction of sp³-hybridized carbons (Fsp3) is 0.400. The van der Waals surface area contributed by atoms with Crippen LogP contribution in [0.5, 0.6) is 0 Å². The van der Waals surface area contributed by atoms with E-state index in [0.717, 1.165) is 16.3 Å². The fourth-order valence-electron chi connectivity index (χ4n) is 2.26. The molecule has 2 aromatic rings. The first-order valence-corrected chi connectivity index (χ1v) is 7.91. The van der Waals surface area contributed by atoms with E-state index in [1.54, 1.807) is 23.7 Å². The van der Waals surface area contributed by atoms with E-state index in [1.807, 2.05) is 22.4 Å². The summed E-state index contributed by atoms with van der Waals surface area (Å²) in [5, 5.41) is 3.02. The van der Waals surface area contributed by atoms with E-state index in [1.165, 1.54) is 0 Å². The number of morpholine rings is 1. The molecule has 0 atom stereocenters. The maximum atomic E-state index is 12.1. The molecule has 0 spiro atoms. The summed E-state index contributed by atoms with van der Waals surface area (Å²) in [7, 11) is 0. The lowest BCUT2D eigenvalue weighted by molar-refractivity contribution is -0.135. The first kappa shape index (κ1) is 14.2. The molecule has 1 fully saturated rings. The Morgan fingerprint density at radius 2 is 2.24 bits per heavy atom. The van der Waals surface area contributed by atoms with Crippen LogP contribution in [0.3, 0.4) is 0 Å². The standard InChI is InChI=1S/C15H17N3O2S/c19-15(18-6-8-20-9-7-18)4-3-14-17-13(11-21-14)12-2-1-5-16-10-12/h1-2,5,10-11H,3-4,6-9H2. The maximum absolute atomic E-state index is 12.1. The molecule has 2 aromatic heterocycles. The first-order valence-electron chi connectivity index (χ1n) is 7.03. The van der Waals surface area contributed by atoms with Gasteiger partial charge < -0.3 is 9.64 Å². The number of aryl methyl sites for hydroxylation is 1. The van der Waals surface area contributed by atoms with E-state index in [0.29, 0.717) is 39.1 Å². The molecule has 1 aliphatic heterocycles. The first-order chi connectivity index (χ1) is 10.3. The molecule has 0 unspecified atom stereocenters. The van der Waals surface area contributed by atoms with Crippen LogP contribution in [0.1, 0.15) is 11.4 Å². The van der Waals surface area contributed by atoms with Crippen LogP contribution >= 0.6 is 11.3 Å². The van der Waals surface area contributed by atoms with Crippen molar-refractivity contribution in [2.24, 2.45) is 0 Å². The lowest BCUT2D eigenvalue weighted by Crippen LogP contribution is -2.40. The van der Waals surface area contributed by atoms with Crippen molar-refractivity contribution in [3.63, 3.8) is 0 Å². The Balaban J connectivity index is 1.56. The highest BCUT2D eigenvalue weighted by molar-refractivity contribution is 7.09. The second-order valence-electron chi connectivity index (χ2n) is 4.86. The number of amides is 1. The van der Waals surface area contributed by atoms with Gasteiger partial charge >= 0.3 is 0 Å². The SMILES string of the molecule is O=C(CCc1nc(-c2cccnc2)cs1)N1CCOCC1. The van der Waals surface area contributed by atoms with Gasteiger partial charge in [0.15, 0.2) is 0 Å². The largest absolute Gasteiger partial charge is 0.378 e. The number of aromatic nitrogens is 2. The summed E-state index contributed by atoms with van der Waals surface area (Å²) < 4.78 is 5.25. The second-order valence-corrected chi connectivity index (χ2v) is 5.80. The van der Waals surface area contributed by atoms with Crippen molar-refractivity contribution in [2.75, 3.05) is 26.3 Å². The lowest BCUT2D eigenvalue weighted by Gasteiger charge is -2.26. The zero-order valence-electron chi connectivity index (χ0n) is 11.7. The van der Waals surface area contributed by atoms with Gasteiger partial charge in [-0.3, -0.25) is 9.78 Å². The van der Waals surface area contributed by atoms with Gasteiger partial charge in [-0.2, -0.15) is 0 Å². The van der Waals surface area contributed by atoms with Crippen LogP contribution < -0.4 is 0 Å². The Labute approximate surface area is 127 Å². The van der Waals surface area contributed by atoms with Crippen molar-refractivity contribution in [3.05, 3.63) is 34.9 Å². The number of hydrogen-bond donors (Lipinski definition) is 0. The van der Waals surface area contributed by atoms with Gasteiger partial charge in [-0.15, -0.1) is 11.3 Å². The molecular formula is C15H17N3O2S. The Morgan fingerprint density at radius 3 is 3.00 bits per heavy atom. The third-order valence-electron chi connectivity index (χ3n) is 3.43. The molecule has 0 aliphatic carbocycles. The monoisotopic (exact) mass is 303 g/mol. The summed E-state index contributed by atoms with van der Waals surface area (Å²) in [6, 6.07) is 3.89. The minimum Gasteiger partial charge on any atom is -0.378 e. The van der Waals surface area contributed by atoms with Crippen LogP contribution in [0.15, 0.2) is 29.9 Å². The summed E-state index contributed by atoms with van der Waals surface area (Å²) in [6.07, 6.45) is 4.76. The van der Waals surface area contributed by atoms with Crippen LogP contribution in [-0.2, 0) is 16.0 Å². The van der Waals surface area contributed by atoms with Gasteiger partial charge in [-0.05, 0) is 12.1 Å². The molecule has 1 saturated heterocycles. The Hall–Kier alpha value is -1.79. The van der Waals surface area contributed by atoms with Crippen LogP contribution in [-0.4, -0.2) is 47.1 Å². The van der Waals surface area contributed by atoms with E-state index >= 15 is 0 Å². The van der Waals surface area contributed by atoms with Crippen LogP contribution in [0.4, 0.5) is 0 Å². The number of thiazole rings is 1. The van der Waals surface area contributed by atoms with Gasteiger partial charge in [0.2, 0.25) is 5.91 Å². The molecule has 1 aliphatic rings. The number of rotatable bonds is 4. The molecular weight excluding hydrogens is 286 g/mol. The predicted octanol–water partition coefficient (Wildman–Crippen LogP) is 2.00. The Morgan fingerprint density at radius 1 is 1.38 bits per heavy atom. The molecule has 6 heteroatoms. The van der Waals surface area contributed by atoms with Crippen molar-refractivity contribution in [1.82, 2.24) is 14.9 Å². The van der Waals surface area contributed by atoms with E-state index in [9.17, 15) is 4.79 Å². The molecule has 0 radical (unpaired) electrons. The Kier molecular flexibility index (Phi) is 4.57. The third kappa shape index (κ3) is 3.65. The minimum atomic E-state index is 0.191. The zero-order valence-corrected chi connectivity index (χ0v) is 12.5. The molecule has 110 valence electrons. The highest BCUT2D eigenvalue weighted by Crippen LogP contribution is 2.21. The predicted molar refractivity (Wildman–Crippen MR) is 81.1 cm³/mol. The van der Waals surface area contributed by atoms with Crippen LogP contribution in [0.25, 0.3) is 11.3 Å². The van der Waals surface area contributed by atoms with Gasteiger partial charge in [-0.1, -0.05) is 0 Å². The summed E-state index contributed by atoms with van der Waals surface area (Å²) in [6.45, 7) is 2.71. The van der Waals surface area contributed by atoms with E-state index in [4.69, 9.17) is 4.74 Å². The molecule has 0 bridgehead atoms. The summed E-state index contributed by atoms with van der Waals surface area (Å²) in [5.41, 5.74) is 1.95. The van der Waals surface area contributed by atoms with Crippen molar-refractivity contribution in [3.8, 4) is 11.3 Å². The van der Waals surface area contributed by atoms with Crippen LogP contribution in [0, 0.1) is 0 Å². The number of hydrogen-bond acceptors (Lipinski definition) is 5. The quantitative estimate of drug-likeness (QED) is 0.867. The van der Waals surface area contributed by atoms with Gasteiger partial charge in [0.1, 0.15) is 0 Å². The number of pyridine rings is 1. The Bertz CT molecular complexity index is 594. The smallest absolute Gasteiger partial charge is 0.223 e. The molecule has 1 amide bonds. The van der Waals surface area contributed by atoms with Crippen molar-refractivity contribution < 1.29 is 9.53 Å². The molecule has 0 saturated carbocycles. The lowest BCUT2D eigenvalue weighted by atomic mass is 10.2. The van der Waals surface area contributed by atoms with Crippen molar-refractivity contribution in [2.45, 2.75) is 12.8 Å². The number of carbonyl (C=O) groups is 1. The number of ether oxygens (including phenoxy) is 1. The number of nitrogens with zero attached hydrogens (tertiary/aromatic N) is 3. The van der Waals surface area contributed by atoms with E-state index in [-0.39, 0.29) is 5.91 Å². The van der Waals surface area contributed by atoms with Crippen molar-refractivity contribution >= 4 is 17.2 Å². The average molecular weight is 303 g/mol. The summed E-state index contributed by atoms with van der Waals surface area (Å²) in [4.78, 5) is 22.6.